The van der Waals surface area contributed by atoms with Crippen molar-refractivity contribution in [1.82, 2.24) is 0 Å². The molecule has 2 aromatic carbocycles. The maximum atomic E-state index is 12.4. The number of benzene rings is 2. The first kappa shape index (κ1) is 19.0. The molecule has 24 heavy (non-hydrogen) atoms. The Hall–Kier alpha value is -1.38. The number of thioether (sulfide) groups is 1. The SMILES string of the molecule is C#CS/C(Br)=C(\C)C(=O)Nc1ccccc1-c1ccc(Cl)c(Cl)c1. The smallest absolute Gasteiger partial charge is 0.253 e. The van der Waals surface area contributed by atoms with Crippen LogP contribution in [-0.2, 0) is 4.79 Å². The third-order valence-corrected chi connectivity index (χ3v) is 5.61. The fourth-order valence-corrected chi connectivity index (χ4v) is 3.05. The molecule has 2 nitrogen and oxygen atoms in total. The number of rotatable bonds is 4. The molecule has 0 heterocycles. The molecule has 2 aromatic rings. The van der Waals surface area contributed by atoms with Gasteiger partial charge in [-0.25, -0.2) is 0 Å². The Morgan fingerprint density at radius 3 is 2.58 bits per heavy atom. The van der Waals surface area contributed by atoms with Gasteiger partial charge in [0.2, 0.25) is 0 Å². The molecule has 0 atom stereocenters. The average molecular weight is 441 g/mol. The fraction of sp³-hybridized carbons (Fsp3) is 0.0556. The van der Waals surface area contributed by atoms with Gasteiger partial charge in [-0.2, -0.15) is 0 Å². The number of amides is 1. The van der Waals surface area contributed by atoms with Crippen LogP contribution in [0, 0.1) is 11.7 Å². The van der Waals surface area contributed by atoms with Crippen molar-refractivity contribution in [3.05, 3.63) is 61.9 Å². The van der Waals surface area contributed by atoms with Gasteiger partial charge in [-0.1, -0.05) is 47.5 Å². The Morgan fingerprint density at radius 2 is 1.92 bits per heavy atom. The minimum absolute atomic E-state index is 0.239. The van der Waals surface area contributed by atoms with Crippen LogP contribution in [0.2, 0.25) is 10.0 Å². The molecule has 2 rings (SSSR count). The van der Waals surface area contributed by atoms with E-state index in [-0.39, 0.29) is 5.91 Å². The van der Waals surface area contributed by atoms with Gasteiger partial charge in [-0.3, -0.25) is 4.79 Å². The van der Waals surface area contributed by atoms with Gasteiger partial charge in [-0.05, 0) is 63.6 Å². The summed E-state index contributed by atoms with van der Waals surface area (Å²) in [5.41, 5.74) is 2.88. The molecular formula is C18H12BrCl2NOS. The van der Waals surface area contributed by atoms with Crippen molar-refractivity contribution in [2.45, 2.75) is 6.92 Å². The number of para-hydroxylation sites is 1. The number of carbonyl (C=O) groups excluding carboxylic acids is 1. The number of hydrogen-bond acceptors (Lipinski definition) is 2. The zero-order chi connectivity index (χ0) is 17.7. The molecule has 0 saturated carbocycles. The average Bonchev–Trinajstić information content (AvgIpc) is 2.57. The molecule has 0 aliphatic carbocycles. The number of nitrogens with one attached hydrogen (secondary N) is 1. The summed E-state index contributed by atoms with van der Waals surface area (Å²) in [4.78, 5) is 12.4. The van der Waals surface area contributed by atoms with E-state index in [9.17, 15) is 4.79 Å². The van der Waals surface area contributed by atoms with Gasteiger partial charge in [0.1, 0.15) is 0 Å². The van der Waals surface area contributed by atoms with Crippen LogP contribution in [-0.4, -0.2) is 5.91 Å². The van der Waals surface area contributed by atoms with E-state index in [0.29, 0.717) is 25.1 Å². The summed E-state index contributed by atoms with van der Waals surface area (Å²) < 4.78 is 0.606. The second-order valence-corrected chi connectivity index (χ2v) is 7.73. The van der Waals surface area contributed by atoms with E-state index in [1.165, 1.54) is 0 Å². The molecule has 0 saturated heterocycles. The van der Waals surface area contributed by atoms with E-state index < -0.39 is 0 Å². The predicted molar refractivity (Wildman–Crippen MR) is 109 cm³/mol. The molecule has 0 unspecified atom stereocenters. The summed E-state index contributed by atoms with van der Waals surface area (Å²) in [5.74, 6) is -0.239. The molecule has 0 spiro atoms. The Morgan fingerprint density at radius 1 is 1.21 bits per heavy atom. The van der Waals surface area contributed by atoms with Crippen LogP contribution in [0.4, 0.5) is 5.69 Å². The number of hydrogen-bond donors (Lipinski definition) is 1. The molecule has 1 N–H and O–H groups in total. The van der Waals surface area contributed by atoms with E-state index in [1.54, 1.807) is 19.1 Å². The number of anilines is 1. The highest BCUT2D eigenvalue weighted by molar-refractivity contribution is 9.14. The van der Waals surface area contributed by atoms with Gasteiger partial charge in [0.25, 0.3) is 5.91 Å². The highest BCUT2D eigenvalue weighted by Crippen LogP contribution is 2.33. The van der Waals surface area contributed by atoms with Gasteiger partial charge in [0.05, 0.1) is 13.9 Å². The van der Waals surface area contributed by atoms with E-state index in [1.807, 2.05) is 30.3 Å². The Bertz CT molecular complexity index is 858. The topological polar surface area (TPSA) is 29.1 Å². The first-order chi connectivity index (χ1) is 11.4. The minimum Gasteiger partial charge on any atom is -0.322 e. The largest absolute Gasteiger partial charge is 0.322 e. The third-order valence-electron chi connectivity index (χ3n) is 3.19. The van der Waals surface area contributed by atoms with Crippen molar-refractivity contribution in [2.75, 3.05) is 5.32 Å². The van der Waals surface area contributed by atoms with Crippen LogP contribution in [0.25, 0.3) is 11.1 Å². The maximum Gasteiger partial charge on any atom is 0.253 e. The Balaban J connectivity index is 2.36. The number of terminal acetylenes is 1. The predicted octanol–water partition coefficient (Wildman–Crippen LogP) is 6.55. The van der Waals surface area contributed by atoms with Crippen molar-refractivity contribution >= 4 is 62.5 Å². The van der Waals surface area contributed by atoms with Gasteiger partial charge in [0.15, 0.2) is 0 Å². The van der Waals surface area contributed by atoms with E-state index in [2.05, 4.69) is 26.5 Å². The van der Waals surface area contributed by atoms with Crippen molar-refractivity contribution in [3.63, 3.8) is 0 Å². The first-order valence-corrected chi connectivity index (χ1v) is 9.15. The van der Waals surface area contributed by atoms with E-state index in [0.717, 1.165) is 22.9 Å². The Kier molecular flexibility index (Phi) is 6.82. The summed E-state index contributed by atoms with van der Waals surface area (Å²) in [5, 5.41) is 6.26. The number of carbonyl (C=O) groups is 1. The van der Waals surface area contributed by atoms with Crippen LogP contribution in [0.15, 0.2) is 51.9 Å². The molecule has 0 fully saturated rings. The monoisotopic (exact) mass is 439 g/mol. The lowest BCUT2D eigenvalue weighted by molar-refractivity contribution is -0.112. The van der Waals surface area contributed by atoms with Crippen LogP contribution in [0.5, 0.6) is 0 Å². The summed E-state index contributed by atoms with van der Waals surface area (Å²) in [6.07, 6.45) is 5.24. The zero-order valence-corrected chi connectivity index (χ0v) is 16.5. The van der Waals surface area contributed by atoms with Crippen LogP contribution in [0.3, 0.4) is 0 Å². The molecule has 6 heteroatoms. The summed E-state index contributed by atoms with van der Waals surface area (Å²) in [6.45, 7) is 1.70. The standard InChI is InChI=1S/C18H12BrCl2NOS/c1-3-24-17(19)11(2)18(23)22-16-7-5-4-6-13(16)12-8-9-14(20)15(21)10-12/h1,4-10H,2H3,(H,22,23)/b17-11+. The van der Waals surface area contributed by atoms with Crippen LogP contribution < -0.4 is 5.32 Å². The molecule has 1 amide bonds. The highest BCUT2D eigenvalue weighted by Gasteiger charge is 2.13. The summed E-state index contributed by atoms with van der Waals surface area (Å²) in [7, 11) is 0. The zero-order valence-electron chi connectivity index (χ0n) is 12.6. The van der Waals surface area contributed by atoms with Crippen LogP contribution >= 0.6 is 50.9 Å². The van der Waals surface area contributed by atoms with Crippen molar-refractivity contribution in [2.24, 2.45) is 0 Å². The van der Waals surface area contributed by atoms with E-state index in [4.69, 9.17) is 29.6 Å². The lowest BCUT2D eigenvalue weighted by atomic mass is 10.0. The normalized spacial score (nSPS) is 11.5. The lowest BCUT2D eigenvalue weighted by Crippen LogP contribution is -2.13. The van der Waals surface area contributed by atoms with Gasteiger partial charge < -0.3 is 5.32 Å². The van der Waals surface area contributed by atoms with Gasteiger partial charge >= 0.3 is 0 Å². The highest BCUT2D eigenvalue weighted by atomic mass is 79.9. The second kappa shape index (κ2) is 8.64. The van der Waals surface area contributed by atoms with Crippen molar-refractivity contribution in [3.8, 4) is 22.8 Å². The van der Waals surface area contributed by atoms with Crippen molar-refractivity contribution < 1.29 is 4.79 Å². The molecule has 0 radical (unpaired) electrons. The van der Waals surface area contributed by atoms with Crippen molar-refractivity contribution in [1.29, 1.82) is 0 Å². The summed E-state index contributed by atoms with van der Waals surface area (Å²) in [6, 6.07) is 12.8. The van der Waals surface area contributed by atoms with Gasteiger partial charge in [-0.15, -0.1) is 6.42 Å². The quantitative estimate of drug-likeness (QED) is 0.431. The maximum absolute atomic E-state index is 12.4. The molecule has 122 valence electrons. The molecule has 0 aliphatic heterocycles. The van der Waals surface area contributed by atoms with E-state index >= 15 is 0 Å². The molecular weight excluding hydrogens is 429 g/mol. The molecule has 0 aromatic heterocycles. The fourth-order valence-electron chi connectivity index (χ4n) is 1.94. The molecule has 0 aliphatic rings. The summed E-state index contributed by atoms with van der Waals surface area (Å²) >= 11 is 16.5. The minimum atomic E-state index is -0.239. The number of halogens is 3. The Labute approximate surface area is 163 Å². The van der Waals surface area contributed by atoms with Gasteiger partial charge in [0, 0.05) is 16.8 Å². The van der Waals surface area contributed by atoms with Crippen LogP contribution in [0.1, 0.15) is 6.92 Å². The molecule has 0 bridgehead atoms. The lowest BCUT2D eigenvalue weighted by Gasteiger charge is -2.12. The first-order valence-electron chi connectivity index (χ1n) is 6.78. The third kappa shape index (κ3) is 4.58. The second-order valence-electron chi connectivity index (χ2n) is 4.75.